The summed E-state index contributed by atoms with van der Waals surface area (Å²) in [7, 11) is 0. The summed E-state index contributed by atoms with van der Waals surface area (Å²) in [6, 6.07) is 0.271. The Labute approximate surface area is 136 Å². The van der Waals surface area contributed by atoms with Gasteiger partial charge >= 0.3 is 0 Å². The van der Waals surface area contributed by atoms with Crippen LogP contribution < -0.4 is 10.6 Å². The van der Waals surface area contributed by atoms with Crippen molar-refractivity contribution in [3.8, 4) is 0 Å². The molecule has 0 amide bonds. The third-order valence-corrected chi connectivity index (χ3v) is 6.00. The normalized spacial score (nSPS) is 22.8. The summed E-state index contributed by atoms with van der Waals surface area (Å²) in [5.41, 5.74) is 1.21. The Morgan fingerprint density at radius 3 is 2.86 bits per heavy atom. The number of halogens is 1. The highest BCUT2D eigenvalue weighted by Gasteiger charge is 2.31. The van der Waals surface area contributed by atoms with Crippen molar-refractivity contribution in [1.82, 2.24) is 20.1 Å². The smallest absolute Gasteiger partial charge is 0.139 e. The van der Waals surface area contributed by atoms with Crippen molar-refractivity contribution < 1.29 is 0 Å². The lowest BCUT2D eigenvalue weighted by Crippen LogP contribution is -2.27. The zero-order valence-electron chi connectivity index (χ0n) is 11.7. The van der Waals surface area contributed by atoms with Crippen LogP contribution in [0.5, 0.6) is 0 Å². The molecule has 1 fully saturated rings. The minimum absolute atomic E-state index is 0.271. The largest absolute Gasteiger partial charge is 0.369 e. The van der Waals surface area contributed by atoms with Crippen molar-refractivity contribution in [3.63, 3.8) is 0 Å². The van der Waals surface area contributed by atoms with Gasteiger partial charge in [0, 0.05) is 24.0 Å². The first-order valence-corrected chi connectivity index (χ1v) is 9.13. The van der Waals surface area contributed by atoms with Crippen LogP contribution in [0.4, 0.5) is 5.82 Å². The van der Waals surface area contributed by atoms with E-state index in [0.717, 1.165) is 54.2 Å². The average molecular weight is 368 g/mol. The van der Waals surface area contributed by atoms with Crippen LogP contribution in [0.2, 0.25) is 0 Å². The molecule has 0 saturated carbocycles. The number of fused-ring (bicyclic) bond motifs is 1. The van der Waals surface area contributed by atoms with Crippen LogP contribution in [-0.4, -0.2) is 34.4 Å². The second-order valence-corrected chi connectivity index (χ2v) is 7.34. The Morgan fingerprint density at radius 2 is 2.10 bits per heavy atom. The van der Waals surface area contributed by atoms with Crippen molar-refractivity contribution in [3.05, 3.63) is 26.8 Å². The molecule has 7 heteroatoms. The van der Waals surface area contributed by atoms with E-state index >= 15 is 0 Å². The standard InChI is InChI=1S/C14H18BrN5S/c15-11-12(9-1-4-16-5-2-9)19-20-10(3-6-17-13(11)20)14-18-7-8-21-14/h7-10,16-17H,1-6H2. The van der Waals surface area contributed by atoms with E-state index in [0.29, 0.717) is 5.92 Å². The Morgan fingerprint density at radius 1 is 1.24 bits per heavy atom. The van der Waals surface area contributed by atoms with Gasteiger partial charge in [-0.2, -0.15) is 5.10 Å². The number of nitrogens with zero attached hydrogens (tertiary/aromatic N) is 3. The van der Waals surface area contributed by atoms with E-state index in [-0.39, 0.29) is 6.04 Å². The molecule has 5 nitrogen and oxygen atoms in total. The fraction of sp³-hybridized carbons (Fsp3) is 0.571. The van der Waals surface area contributed by atoms with Gasteiger partial charge in [-0.05, 0) is 48.3 Å². The predicted molar refractivity (Wildman–Crippen MR) is 88.1 cm³/mol. The number of anilines is 1. The van der Waals surface area contributed by atoms with Gasteiger partial charge in [0.2, 0.25) is 0 Å². The Bertz CT molecular complexity index is 618. The van der Waals surface area contributed by atoms with Gasteiger partial charge in [-0.3, -0.25) is 0 Å². The SMILES string of the molecule is Brc1c(C2CCNCC2)nn2c1NCCC2c1nccs1. The minimum atomic E-state index is 0.271. The number of aromatic nitrogens is 3. The molecule has 2 N–H and O–H groups in total. The molecule has 21 heavy (non-hydrogen) atoms. The number of hydrogen-bond donors (Lipinski definition) is 2. The van der Waals surface area contributed by atoms with Gasteiger partial charge in [-0.15, -0.1) is 11.3 Å². The summed E-state index contributed by atoms with van der Waals surface area (Å²) in [5, 5.41) is 15.1. The highest BCUT2D eigenvalue weighted by molar-refractivity contribution is 9.10. The lowest BCUT2D eigenvalue weighted by atomic mass is 9.95. The maximum Gasteiger partial charge on any atom is 0.139 e. The molecule has 0 spiro atoms. The van der Waals surface area contributed by atoms with Crippen molar-refractivity contribution in [2.45, 2.75) is 31.2 Å². The quantitative estimate of drug-likeness (QED) is 0.856. The molecule has 2 aromatic heterocycles. The Kier molecular flexibility index (Phi) is 3.72. The third kappa shape index (κ3) is 2.41. The van der Waals surface area contributed by atoms with Crippen molar-refractivity contribution >= 4 is 33.1 Å². The number of rotatable bonds is 2. The molecule has 1 unspecified atom stereocenters. The van der Waals surface area contributed by atoms with Crippen LogP contribution in [0.15, 0.2) is 16.0 Å². The maximum atomic E-state index is 4.96. The fourth-order valence-corrected chi connectivity index (χ4v) is 4.73. The minimum Gasteiger partial charge on any atom is -0.369 e. The van der Waals surface area contributed by atoms with Gasteiger partial charge < -0.3 is 10.6 Å². The summed E-state index contributed by atoms with van der Waals surface area (Å²) in [4.78, 5) is 4.49. The molecular weight excluding hydrogens is 350 g/mol. The number of thiazole rings is 1. The molecule has 2 aliphatic heterocycles. The van der Waals surface area contributed by atoms with Crippen LogP contribution in [0, 0.1) is 0 Å². The summed E-state index contributed by atoms with van der Waals surface area (Å²) < 4.78 is 3.29. The van der Waals surface area contributed by atoms with E-state index in [1.807, 2.05) is 11.6 Å². The highest BCUT2D eigenvalue weighted by atomic mass is 79.9. The van der Waals surface area contributed by atoms with Crippen molar-refractivity contribution in [2.75, 3.05) is 25.0 Å². The molecule has 1 atom stereocenters. The first-order valence-electron chi connectivity index (χ1n) is 7.46. The monoisotopic (exact) mass is 367 g/mol. The second kappa shape index (κ2) is 5.70. The van der Waals surface area contributed by atoms with E-state index < -0.39 is 0 Å². The van der Waals surface area contributed by atoms with Crippen molar-refractivity contribution in [1.29, 1.82) is 0 Å². The number of piperidine rings is 1. The second-order valence-electron chi connectivity index (χ2n) is 5.62. The molecular formula is C14H18BrN5S. The number of nitrogens with one attached hydrogen (secondary N) is 2. The highest BCUT2D eigenvalue weighted by Crippen LogP contribution is 2.40. The van der Waals surface area contributed by atoms with Gasteiger partial charge in [0.15, 0.2) is 0 Å². The Balaban J connectivity index is 1.72. The van der Waals surface area contributed by atoms with E-state index in [9.17, 15) is 0 Å². The molecule has 2 aromatic rings. The topological polar surface area (TPSA) is 54.8 Å². The lowest BCUT2D eigenvalue weighted by Gasteiger charge is -2.24. The third-order valence-electron chi connectivity index (χ3n) is 4.35. The van der Waals surface area contributed by atoms with E-state index in [1.54, 1.807) is 11.3 Å². The molecule has 0 aliphatic carbocycles. The van der Waals surface area contributed by atoms with E-state index in [4.69, 9.17) is 5.10 Å². The summed E-state index contributed by atoms with van der Waals surface area (Å²) in [6.45, 7) is 3.14. The van der Waals surface area contributed by atoms with E-state index in [1.165, 1.54) is 5.69 Å². The predicted octanol–water partition coefficient (Wildman–Crippen LogP) is 2.97. The molecule has 4 rings (SSSR count). The van der Waals surface area contributed by atoms with Crippen molar-refractivity contribution in [2.24, 2.45) is 0 Å². The molecule has 112 valence electrons. The van der Waals surface area contributed by atoms with Gasteiger partial charge in [-0.25, -0.2) is 9.67 Å². The van der Waals surface area contributed by atoms with Crippen LogP contribution in [0.1, 0.15) is 41.9 Å². The first kappa shape index (κ1) is 13.7. The zero-order chi connectivity index (χ0) is 14.2. The van der Waals surface area contributed by atoms with Gasteiger partial charge in [0.05, 0.1) is 10.2 Å². The number of hydrogen-bond acceptors (Lipinski definition) is 5. The molecule has 4 heterocycles. The van der Waals surface area contributed by atoms with Gasteiger partial charge in [0.25, 0.3) is 0 Å². The Hall–Kier alpha value is -0.920. The van der Waals surface area contributed by atoms with Gasteiger partial charge in [-0.1, -0.05) is 0 Å². The fourth-order valence-electron chi connectivity index (χ4n) is 3.25. The molecule has 0 aromatic carbocycles. The van der Waals surface area contributed by atoms with Crippen LogP contribution in [0.3, 0.4) is 0 Å². The first-order chi connectivity index (χ1) is 10.3. The zero-order valence-corrected chi connectivity index (χ0v) is 14.1. The molecule has 1 saturated heterocycles. The van der Waals surface area contributed by atoms with Gasteiger partial charge in [0.1, 0.15) is 16.9 Å². The van der Waals surface area contributed by atoms with E-state index in [2.05, 4.69) is 36.2 Å². The molecule has 0 bridgehead atoms. The molecule has 0 radical (unpaired) electrons. The van der Waals surface area contributed by atoms with Crippen LogP contribution in [-0.2, 0) is 0 Å². The lowest BCUT2D eigenvalue weighted by molar-refractivity contribution is 0.433. The summed E-state index contributed by atoms with van der Waals surface area (Å²) in [6.07, 6.45) is 5.25. The van der Waals surface area contributed by atoms with Crippen LogP contribution in [0.25, 0.3) is 0 Å². The summed E-state index contributed by atoms with van der Waals surface area (Å²) in [5.74, 6) is 1.67. The van der Waals surface area contributed by atoms with Crippen LogP contribution >= 0.6 is 27.3 Å². The maximum absolute atomic E-state index is 4.96. The average Bonchev–Trinajstić information content (AvgIpc) is 3.17. The summed E-state index contributed by atoms with van der Waals surface area (Å²) >= 11 is 5.50. The molecule has 2 aliphatic rings.